The number of aliphatic hydroxyl groups is 7. The van der Waals surface area contributed by atoms with Crippen LogP contribution < -0.4 is 43.0 Å². The van der Waals surface area contributed by atoms with Crippen molar-refractivity contribution in [2.24, 2.45) is 11.7 Å². The van der Waals surface area contributed by atoms with Gasteiger partial charge in [-0.05, 0) is 25.7 Å². The molecule has 0 aliphatic carbocycles. The molecule has 0 spiro atoms. The minimum atomic E-state index is -1.84. The number of carboxylic acids is 1. The average molecular weight is 838 g/mol. The van der Waals surface area contributed by atoms with Gasteiger partial charge in [-0.1, -0.05) is 13.8 Å². The van der Waals surface area contributed by atoms with Gasteiger partial charge in [0.15, 0.2) is 0 Å². The van der Waals surface area contributed by atoms with Crippen molar-refractivity contribution in [3.05, 3.63) is 0 Å². The van der Waals surface area contributed by atoms with Crippen LogP contribution in [0.15, 0.2) is 0 Å². The molecule has 330 valence electrons. The second-order valence-corrected chi connectivity index (χ2v) is 13.5. The molecular weight excluding hydrogens is 782 g/mol. The number of nitrogens with zero attached hydrogens (tertiary/aromatic N) is 1. The number of aliphatic carboxylic acids is 1. The van der Waals surface area contributed by atoms with Crippen LogP contribution in [0, 0.1) is 5.92 Å². The Balaban J connectivity index is 3.01. The number of likely N-dealkylation sites (tertiary alicyclic amines) is 1. The molecule has 58 heavy (non-hydrogen) atoms. The summed E-state index contributed by atoms with van der Waals surface area (Å²) in [4.78, 5) is 115. The van der Waals surface area contributed by atoms with E-state index in [1.165, 1.54) is 0 Å². The lowest BCUT2D eigenvalue weighted by atomic mass is 10.0. The minimum absolute atomic E-state index is 0.00777. The van der Waals surface area contributed by atoms with Gasteiger partial charge in [-0.15, -0.1) is 0 Å². The molecule has 26 nitrogen and oxygen atoms in total. The number of aliphatic hydroxyl groups excluding tert-OH is 7. The monoisotopic (exact) mass is 837 g/mol. The molecule has 26 heteroatoms. The van der Waals surface area contributed by atoms with Crippen molar-refractivity contribution in [3.63, 3.8) is 0 Å². The fourth-order valence-electron chi connectivity index (χ4n) is 5.23. The Hall–Kier alpha value is -5.09. The number of carbonyl (C=O) groups is 9. The van der Waals surface area contributed by atoms with Crippen molar-refractivity contribution in [1.29, 1.82) is 0 Å². The number of carbonyl (C=O) groups excluding carboxylic acids is 8. The first kappa shape index (κ1) is 50.9. The van der Waals surface area contributed by atoms with Crippen molar-refractivity contribution < 1.29 is 84.0 Å². The van der Waals surface area contributed by atoms with Gasteiger partial charge in [-0.2, -0.15) is 0 Å². The van der Waals surface area contributed by atoms with E-state index in [0.717, 1.165) is 11.8 Å². The number of hydrogen-bond donors (Lipinski definition) is 16. The third-order valence-electron chi connectivity index (χ3n) is 8.78. The number of amides is 8. The first-order valence-corrected chi connectivity index (χ1v) is 18.0. The molecule has 0 radical (unpaired) electrons. The Morgan fingerprint density at radius 2 is 0.931 bits per heavy atom. The van der Waals surface area contributed by atoms with E-state index in [9.17, 15) is 73.8 Å². The van der Waals surface area contributed by atoms with E-state index in [0.29, 0.717) is 0 Å². The standard InChI is InChI=1S/C32H55N9O17/c1-13(2)22(33)29(54)36-17(9-44)25(50)34-15(7-42)24(49)35-16(8-43)26(51)38-19(11-46)31(56)41-6-4-5-21(41)28(53)40-23(14(3)48)30(55)37-18(10-45)27(52)39-20(12-47)32(57)58/h13-23,42-48H,4-12,33H2,1-3H3,(H,34,50)(H,35,49)(H,36,54)(H,37,55)(H,38,51)(H,39,52)(H,40,53)(H,57,58)/t14-,15+,16+,17+,18+,19+,20+,21+,22+,23+/m1/s1. The van der Waals surface area contributed by atoms with Crippen LogP contribution in [0.5, 0.6) is 0 Å². The van der Waals surface area contributed by atoms with Crippen molar-refractivity contribution in [1.82, 2.24) is 42.1 Å². The SMILES string of the molecule is CC(C)[C@H](N)C(=O)N[C@@H](CO)C(=O)N[C@@H](CO)C(=O)N[C@@H](CO)C(=O)N[C@@H](CO)C(=O)N1CCC[C@H]1C(=O)N[C@H](C(=O)N[C@@H](CO)C(=O)N[C@@H](CO)C(=O)O)[C@@H](C)O. The van der Waals surface area contributed by atoms with Gasteiger partial charge >= 0.3 is 5.97 Å². The first-order chi connectivity index (χ1) is 27.2. The maximum atomic E-state index is 13.5. The van der Waals surface area contributed by atoms with Crippen molar-refractivity contribution in [2.75, 3.05) is 46.2 Å². The van der Waals surface area contributed by atoms with Gasteiger partial charge in [-0.25, -0.2) is 4.79 Å². The number of carboxylic acid groups (broad SMARTS) is 1. The van der Waals surface area contributed by atoms with E-state index in [1.54, 1.807) is 13.8 Å². The lowest BCUT2D eigenvalue weighted by molar-refractivity contribution is -0.144. The molecule has 0 unspecified atom stereocenters. The maximum Gasteiger partial charge on any atom is 0.328 e. The quantitative estimate of drug-likeness (QED) is 0.0429. The highest BCUT2D eigenvalue weighted by Crippen LogP contribution is 2.19. The lowest BCUT2D eigenvalue weighted by Crippen LogP contribution is -2.62. The van der Waals surface area contributed by atoms with Crippen LogP contribution in [-0.2, 0) is 43.2 Å². The molecule has 10 atom stereocenters. The van der Waals surface area contributed by atoms with Gasteiger partial charge < -0.3 is 88.7 Å². The Kier molecular flexibility index (Phi) is 21.6. The third kappa shape index (κ3) is 14.7. The third-order valence-corrected chi connectivity index (χ3v) is 8.78. The molecule has 1 fully saturated rings. The zero-order chi connectivity index (χ0) is 44.4. The second-order valence-electron chi connectivity index (χ2n) is 13.5. The van der Waals surface area contributed by atoms with Crippen LogP contribution in [0.2, 0.25) is 0 Å². The number of rotatable bonds is 24. The number of hydrogen-bond acceptors (Lipinski definition) is 17. The zero-order valence-corrected chi connectivity index (χ0v) is 32.0. The van der Waals surface area contributed by atoms with Crippen LogP contribution in [0.3, 0.4) is 0 Å². The molecule has 1 aliphatic heterocycles. The van der Waals surface area contributed by atoms with E-state index in [2.05, 4.69) is 21.3 Å². The Morgan fingerprint density at radius 1 is 0.569 bits per heavy atom. The average Bonchev–Trinajstić information content (AvgIpc) is 3.69. The minimum Gasteiger partial charge on any atom is -0.480 e. The smallest absolute Gasteiger partial charge is 0.328 e. The van der Waals surface area contributed by atoms with Gasteiger partial charge in [0.1, 0.15) is 48.3 Å². The molecule has 0 saturated carbocycles. The summed E-state index contributed by atoms with van der Waals surface area (Å²) < 4.78 is 0. The van der Waals surface area contributed by atoms with E-state index >= 15 is 0 Å². The van der Waals surface area contributed by atoms with E-state index in [4.69, 9.17) is 15.9 Å². The van der Waals surface area contributed by atoms with E-state index in [1.807, 2.05) is 16.0 Å². The molecule has 1 aliphatic rings. The molecule has 0 aromatic rings. The topological polar surface area (TPSA) is 429 Å². The molecule has 1 saturated heterocycles. The van der Waals surface area contributed by atoms with Gasteiger partial charge in [0.25, 0.3) is 0 Å². The normalized spacial score (nSPS) is 18.5. The Morgan fingerprint density at radius 3 is 1.29 bits per heavy atom. The summed E-state index contributed by atoms with van der Waals surface area (Å²) in [6.07, 6.45) is -1.44. The van der Waals surface area contributed by atoms with Gasteiger partial charge in [0.2, 0.25) is 47.3 Å². The van der Waals surface area contributed by atoms with Crippen molar-refractivity contribution >= 4 is 53.2 Å². The molecule has 0 bridgehead atoms. The summed E-state index contributed by atoms with van der Waals surface area (Å²) in [5, 5.41) is 91.8. The highest BCUT2D eigenvalue weighted by Gasteiger charge is 2.41. The molecule has 1 heterocycles. The predicted octanol–water partition coefficient (Wildman–Crippen LogP) is -10.2. The largest absolute Gasteiger partial charge is 0.480 e. The van der Waals surface area contributed by atoms with Crippen LogP contribution in [0.4, 0.5) is 0 Å². The summed E-state index contributed by atoms with van der Waals surface area (Å²) in [7, 11) is 0. The van der Waals surface area contributed by atoms with Crippen molar-refractivity contribution in [2.45, 2.75) is 94.1 Å². The summed E-state index contributed by atoms with van der Waals surface area (Å²) in [6, 6.07) is -14.8. The molecule has 17 N–H and O–H groups in total. The summed E-state index contributed by atoms with van der Waals surface area (Å²) >= 11 is 0. The Bertz CT molecular complexity index is 1470. The first-order valence-electron chi connectivity index (χ1n) is 18.0. The van der Waals surface area contributed by atoms with E-state index < -0.39 is 153 Å². The second kappa shape index (κ2) is 24.6. The fourth-order valence-corrected chi connectivity index (χ4v) is 5.23. The number of nitrogens with two attached hydrogens (primary N) is 1. The lowest BCUT2D eigenvalue weighted by Gasteiger charge is -2.30. The van der Waals surface area contributed by atoms with Gasteiger partial charge in [0.05, 0.1) is 51.8 Å². The molecular formula is C32H55N9O17. The molecule has 0 aromatic carbocycles. The van der Waals surface area contributed by atoms with Crippen LogP contribution >= 0.6 is 0 Å². The van der Waals surface area contributed by atoms with Crippen LogP contribution in [0.25, 0.3) is 0 Å². The molecule has 1 rings (SSSR count). The van der Waals surface area contributed by atoms with Gasteiger partial charge in [0, 0.05) is 6.54 Å². The fraction of sp³-hybridized carbons (Fsp3) is 0.719. The summed E-state index contributed by atoms with van der Waals surface area (Å²) in [5.74, 6) is -10.8. The van der Waals surface area contributed by atoms with Crippen LogP contribution in [-0.4, -0.2) is 206 Å². The maximum absolute atomic E-state index is 13.5. The summed E-state index contributed by atoms with van der Waals surface area (Å²) in [5.41, 5.74) is 5.73. The predicted molar refractivity (Wildman–Crippen MR) is 193 cm³/mol. The highest BCUT2D eigenvalue weighted by atomic mass is 16.4. The highest BCUT2D eigenvalue weighted by molar-refractivity contribution is 5.98. The summed E-state index contributed by atoms with van der Waals surface area (Å²) in [6.45, 7) is -1.98. The Labute approximate surface area is 331 Å². The van der Waals surface area contributed by atoms with Crippen LogP contribution in [0.1, 0.15) is 33.6 Å². The molecule has 8 amide bonds. The van der Waals surface area contributed by atoms with Crippen molar-refractivity contribution in [3.8, 4) is 0 Å². The zero-order valence-electron chi connectivity index (χ0n) is 32.0. The van der Waals surface area contributed by atoms with Gasteiger partial charge in [-0.3, -0.25) is 38.4 Å². The molecule has 0 aromatic heterocycles. The number of nitrogens with one attached hydrogen (secondary N) is 7. The van der Waals surface area contributed by atoms with E-state index in [-0.39, 0.29) is 25.3 Å².